The van der Waals surface area contributed by atoms with Crippen molar-refractivity contribution in [2.45, 2.75) is 18.4 Å². The lowest BCUT2D eigenvalue weighted by Crippen LogP contribution is -2.22. The van der Waals surface area contributed by atoms with Gasteiger partial charge < -0.3 is 10.3 Å². The van der Waals surface area contributed by atoms with Crippen LogP contribution < -0.4 is 10.0 Å². The molecule has 1 rings (SSSR count). The monoisotopic (exact) mass is 217 g/mol. The zero-order chi connectivity index (χ0) is 10.6. The van der Waals surface area contributed by atoms with Crippen molar-refractivity contribution in [3.63, 3.8) is 0 Å². The third-order valence-corrected chi connectivity index (χ3v) is 3.25. The first kappa shape index (κ1) is 11.2. The molecule has 0 aliphatic heterocycles. The van der Waals surface area contributed by atoms with E-state index in [0.717, 1.165) is 5.69 Å². The highest BCUT2D eigenvalue weighted by Crippen LogP contribution is 2.09. The van der Waals surface area contributed by atoms with Crippen molar-refractivity contribution in [3.8, 4) is 0 Å². The molecule has 14 heavy (non-hydrogen) atoms. The van der Waals surface area contributed by atoms with E-state index in [2.05, 4.69) is 15.0 Å². The summed E-state index contributed by atoms with van der Waals surface area (Å²) in [6, 6.07) is 1.62. The van der Waals surface area contributed by atoms with Crippen LogP contribution in [0.15, 0.2) is 17.2 Å². The summed E-state index contributed by atoms with van der Waals surface area (Å²) >= 11 is 0. The van der Waals surface area contributed by atoms with Crippen LogP contribution in [0.2, 0.25) is 0 Å². The van der Waals surface area contributed by atoms with Crippen LogP contribution >= 0.6 is 0 Å². The molecule has 0 bridgehead atoms. The molecule has 5 nitrogen and oxygen atoms in total. The van der Waals surface area contributed by atoms with E-state index < -0.39 is 10.0 Å². The summed E-state index contributed by atoms with van der Waals surface area (Å²) in [5, 5.41) is 2.93. The molecule has 6 heteroatoms. The van der Waals surface area contributed by atoms with Crippen LogP contribution in [0.5, 0.6) is 0 Å². The number of aromatic nitrogens is 1. The summed E-state index contributed by atoms with van der Waals surface area (Å²) < 4.78 is 25.4. The van der Waals surface area contributed by atoms with E-state index in [-0.39, 0.29) is 4.90 Å². The maximum Gasteiger partial charge on any atom is 0.242 e. The average molecular weight is 217 g/mol. The van der Waals surface area contributed by atoms with Crippen molar-refractivity contribution in [2.75, 3.05) is 13.6 Å². The second-order valence-electron chi connectivity index (χ2n) is 2.89. The van der Waals surface area contributed by atoms with Gasteiger partial charge in [0.05, 0.1) is 4.90 Å². The summed E-state index contributed by atoms with van der Waals surface area (Å²) in [5.74, 6) is 0. The molecular weight excluding hydrogens is 202 g/mol. The minimum Gasteiger partial charge on any atom is -0.363 e. The van der Waals surface area contributed by atoms with E-state index >= 15 is 0 Å². The number of hydrogen-bond donors (Lipinski definition) is 3. The van der Waals surface area contributed by atoms with E-state index in [1.54, 1.807) is 20.0 Å². The number of sulfonamides is 1. The van der Waals surface area contributed by atoms with Crippen molar-refractivity contribution in [1.82, 2.24) is 15.0 Å². The maximum absolute atomic E-state index is 11.5. The largest absolute Gasteiger partial charge is 0.363 e. The van der Waals surface area contributed by atoms with Crippen LogP contribution in [0, 0.1) is 0 Å². The highest BCUT2D eigenvalue weighted by Gasteiger charge is 2.13. The molecule has 0 amide bonds. The Kier molecular flexibility index (Phi) is 3.68. The van der Waals surface area contributed by atoms with Gasteiger partial charge in [-0.15, -0.1) is 0 Å². The van der Waals surface area contributed by atoms with Crippen LogP contribution in [0.1, 0.15) is 12.6 Å². The van der Waals surface area contributed by atoms with Gasteiger partial charge in [-0.2, -0.15) is 0 Å². The topological polar surface area (TPSA) is 74.0 Å². The fourth-order valence-electron chi connectivity index (χ4n) is 1.14. The molecule has 0 aromatic carbocycles. The molecule has 0 aliphatic rings. The van der Waals surface area contributed by atoms with Crippen LogP contribution in [-0.2, 0) is 16.6 Å². The Morgan fingerprint density at radius 2 is 2.21 bits per heavy atom. The predicted octanol–water partition coefficient (Wildman–Crippen LogP) is 0.0323. The van der Waals surface area contributed by atoms with Gasteiger partial charge in [-0.05, 0) is 13.1 Å². The SMILES string of the molecule is CCNS(=O)(=O)c1c[nH]c(CNC)c1. The number of nitrogens with one attached hydrogen (secondary N) is 3. The molecule has 0 fully saturated rings. The normalized spacial score (nSPS) is 11.9. The summed E-state index contributed by atoms with van der Waals surface area (Å²) in [6.45, 7) is 2.77. The van der Waals surface area contributed by atoms with Gasteiger partial charge >= 0.3 is 0 Å². The molecule has 0 spiro atoms. The van der Waals surface area contributed by atoms with Gasteiger partial charge in [0.2, 0.25) is 10.0 Å². The van der Waals surface area contributed by atoms with Crippen molar-refractivity contribution >= 4 is 10.0 Å². The first-order chi connectivity index (χ1) is 6.60. The summed E-state index contributed by atoms with van der Waals surface area (Å²) in [5.41, 5.74) is 0.851. The van der Waals surface area contributed by atoms with Gasteiger partial charge in [0.15, 0.2) is 0 Å². The van der Waals surface area contributed by atoms with Crippen molar-refractivity contribution in [2.24, 2.45) is 0 Å². The van der Waals surface area contributed by atoms with Crippen LogP contribution in [0.4, 0.5) is 0 Å². The first-order valence-electron chi connectivity index (χ1n) is 4.41. The smallest absolute Gasteiger partial charge is 0.242 e. The number of aromatic amines is 1. The van der Waals surface area contributed by atoms with Gasteiger partial charge in [-0.1, -0.05) is 6.92 Å². The fraction of sp³-hybridized carbons (Fsp3) is 0.500. The molecule has 1 aromatic rings. The minimum absolute atomic E-state index is 0.282. The molecule has 0 atom stereocenters. The third-order valence-electron chi connectivity index (χ3n) is 1.73. The highest BCUT2D eigenvalue weighted by atomic mass is 32.2. The van der Waals surface area contributed by atoms with Crippen molar-refractivity contribution in [1.29, 1.82) is 0 Å². The molecular formula is C8H15N3O2S. The Bertz CT molecular complexity index is 383. The van der Waals surface area contributed by atoms with Crippen molar-refractivity contribution in [3.05, 3.63) is 18.0 Å². The Morgan fingerprint density at radius 3 is 2.79 bits per heavy atom. The first-order valence-corrected chi connectivity index (χ1v) is 5.90. The van der Waals surface area contributed by atoms with Crippen molar-refractivity contribution < 1.29 is 8.42 Å². The fourth-order valence-corrected chi connectivity index (χ4v) is 2.20. The zero-order valence-corrected chi connectivity index (χ0v) is 9.11. The molecule has 0 aliphatic carbocycles. The van der Waals surface area contributed by atoms with Crippen LogP contribution in [0.3, 0.4) is 0 Å². The molecule has 1 heterocycles. The predicted molar refractivity (Wildman–Crippen MR) is 54.4 cm³/mol. The van der Waals surface area contributed by atoms with E-state index in [1.165, 1.54) is 6.20 Å². The Hall–Kier alpha value is -0.850. The second-order valence-corrected chi connectivity index (χ2v) is 4.66. The molecule has 0 unspecified atom stereocenters. The second kappa shape index (κ2) is 4.59. The van der Waals surface area contributed by atoms with Gasteiger partial charge in [-0.25, -0.2) is 13.1 Å². The summed E-state index contributed by atoms with van der Waals surface area (Å²) in [7, 11) is -1.51. The number of H-pyrrole nitrogens is 1. The lowest BCUT2D eigenvalue weighted by atomic mass is 10.4. The Balaban J connectivity index is 2.86. The van der Waals surface area contributed by atoms with Gasteiger partial charge in [0, 0.05) is 25.0 Å². The van der Waals surface area contributed by atoms with E-state index in [0.29, 0.717) is 13.1 Å². The summed E-state index contributed by atoms with van der Waals surface area (Å²) in [6.07, 6.45) is 1.49. The lowest BCUT2D eigenvalue weighted by molar-refractivity contribution is 0.584. The molecule has 3 N–H and O–H groups in total. The van der Waals surface area contributed by atoms with E-state index in [4.69, 9.17) is 0 Å². The minimum atomic E-state index is -3.32. The highest BCUT2D eigenvalue weighted by molar-refractivity contribution is 7.89. The van der Waals surface area contributed by atoms with E-state index in [9.17, 15) is 8.42 Å². The lowest BCUT2D eigenvalue weighted by Gasteiger charge is -1.99. The average Bonchev–Trinajstić information content (AvgIpc) is 2.54. The number of rotatable bonds is 5. The number of hydrogen-bond acceptors (Lipinski definition) is 3. The van der Waals surface area contributed by atoms with E-state index in [1.807, 2.05) is 0 Å². The quantitative estimate of drug-likeness (QED) is 0.651. The molecule has 0 saturated heterocycles. The third kappa shape index (κ3) is 2.57. The van der Waals surface area contributed by atoms with Crippen LogP contribution in [0.25, 0.3) is 0 Å². The van der Waals surface area contributed by atoms with Crippen LogP contribution in [-0.4, -0.2) is 27.0 Å². The molecule has 1 aromatic heterocycles. The molecule has 0 saturated carbocycles. The zero-order valence-electron chi connectivity index (χ0n) is 8.29. The molecule has 80 valence electrons. The van der Waals surface area contributed by atoms with Gasteiger partial charge in [0.25, 0.3) is 0 Å². The molecule has 0 radical (unpaired) electrons. The summed E-state index contributed by atoms with van der Waals surface area (Å²) in [4.78, 5) is 3.17. The maximum atomic E-state index is 11.5. The van der Waals surface area contributed by atoms with Gasteiger partial charge in [-0.3, -0.25) is 0 Å². The standard InChI is InChI=1S/C8H15N3O2S/c1-3-11-14(12,13)8-4-7(5-9-2)10-6-8/h4,6,9-11H,3,5H2,1-2H3. The Morgan fingerprint density at radius 1 is 1.50 bits per heavy atom. The Labute approximate surface area is 84.0 Å². The van der Waals surface area contributed by atoms with Gasteiger partial charge in [0.1, 0.15) is 0 Å².